The van der Waals surface area contributed by atoms with Gasteiger partial charge in [0.2, 0.25) is 0 Å². The predicted octanol–water partition coefficient (Wildman–Crippen LogP) is 3.68. The molecule has 0 unspecified atom stereocenters. The highest BCUT2D eigenvalue weighted by Gasteiger charge is 2.20. The van der Waals surface area contributed by atoms with Crippen LogP contribution in [0.1, 0.15) is 41.6 Å². The van der Waals surface area contributed by atoms with Crippen molar-refractivity contribution in [3.63, 3.8) is 0 Å². The van der Waals surface area contributed by atoms with Gasteiger partial charge in [0, 0.05) is 11.7 Å². The first kappa shape index (κ1) is 18.0. The summed E-state index contributed by atoms with van der Waals surface area (Å²) in [7, 11) is 0. The Kier molecular flexibility index (Phi) is 5.89. The van der Waals surface area contributed by atoms with Crippen LogP contribution in [-0.2, 0) is 4.79 Å². The van der Waals surface area contributed by atoms with E-state index in [4.69, 9.17) is 4.74 Å². The number of para-hydroxylation sites is 1. The van der Waals surface area contributed by atoms with Gasteiger partial charge in [0.1, 0.15) is 5.75 Å². The van der Waals surface area contributed by atoms with Crippen LogP contribution in [0.2, 0.25) is 0 Å². The van der Waals surface area contributed by atoms with Crippen LogP contribution in [0.4, 0.5) is 5.69 Å². The zero-order chi connectivity index (χ0) is 18.4. The minimum Gasteiger partial charge on any atom is -0.483 e. The predicted molar refractivity (Wildman–Crippen MR) is 101 cm³/mol. The summed E-state index contributed by atoms with van der Waals surface area (Å²) in [5.74, 6) is 0.00980. The van der Waals surface area contributed by atoms with Crippen LogP contribution in [-0.4, -0.2) is 24.5 Å². The van der Waals surface area contributed by atoms with Crippen molar-refractivity contribution >= 4 is 17.5 Å². The van der Waals surface area contributed by atoms with Crippen molar-refractivity contribution in [2.45, 2.75) is 38.6 Å². The van der Waals surface area contributed by atoms with Gasteiger partial charge in [-0.25, -0.2) is 0 Å². The summed E-state index contributed by atoms with van der Waals surface area (Å²) in [6.45, 7) is 1.81. The van der Waals surface area contributed by atoms with E-state index in [0.717, 1.165) is 36.9 Å². The molecule has 0 radical (unpaired) electrons. The van der Waals surface area contributed by atoms with Gasteiger partial charge in [0.05, 0.1) is 5.56 Å². The molecule has 2 amide bonds. The third kappa shape index (κ3) is 4.85. The van der Waals surface area contributed by atoms with Crippen LogP contribution in [0.15, 0.2) is 48.5 Å². The lowest BCUT2D eigenvalue weighted by Crippen LogP contribution is -2.33. The Bertz CT molecular complexity index is 782. The first-order chi connectivity index (χ1) is 12.6. The number of nitrogens with one attached hydrogen (secondary N) is 2. The molecule has 3 rings (SSSR count). The topological polar surface area (TPSA) is 67.4 Å². The molecule has 0 atom stereocenters. The second-order valence-corrected chi connectivity index (χ2v) is 6.66. The lowest BCUT2D eigenvalue weighted by molar-refractivity contribution is -0.118. The maximum atomic E-state index is 12.5. The van der Waals surface area contributed by atoms with E-state index in [2.05, 4.69) is 10.6 Å². The molecule has 2 N–H and O–H groups in total. The van der Waals surface area contributed by atoms with Crippen LogP contribution in [0, 0.1) is 6.92 Å². The van der Waals surface area contributed by atoms with E-state index >= 15 is 0 Å². The fraction of sp³-hybridized carbons (Fsp3) is 0.333. The standard InChI is InChI=1S/C21H24N2O3/c1-15-7-6-10-17(13-15)22-20(24)14-26-19-12-5-4-11-18(19)21(25)23-16-8-2-3-9-16/h4-7,10-13,16H,2-3,8-9,14H2,1H3,(H,22,24)(H,23,25). The molecular weight excluding hydrogens is 328 g/mol. The first-order valence-electron chi connectivity index (χ1n) is 9.01. The van der Waals surface area contributed by atoms with Gasteiger partial charge < -0.3 is 15.4 Å². The van der Waals surface area contributed by atoms with Crippen molar-refractivity contribution in [1.29, 1.82) is 0 Å². The number of ether oxygens (including phenoxy) is 1. The molecule has 1 saturated carbocycles. The summed E-state index contributed by atoms with van der Waals surface area (Å²) < 4.78 is 5.61. The van der Waals surface area contributed by atoms with Crippen LogP contribution in [0.3, 0.4) is 0 Å². The van der Waals surface area contributed by atoms with Crippen LogP contribution in [0.5, 0.6) is 5.75 Å². The molecule has 0 spiro atoms. The van der Waals surface area contributed by atoms with Gasteiger partial charge >= 0.3 is 0 Å². The van der Waals surface area contributed by atoms with Crippen LogP contribution < -0.4 is 15.4 Å². The molecule has 0 heterocycles. The molecule has 1 fully saturated rings. The number of amides is 2. The van der Waals surface area contributed by atoms with Gasteiger partial charge in [-0.05, 0) is 49.6 Å². The highest BCUT2D eigenvalue weighted by molar-refractivity contribution is 5.97. The van der Waals surface area contributed by atoms with Crippen molar-refractivity contribution in [3.8, 4) is 5.75 Å². The van der Waals surface area contributed by atoms with E-state index in [0.29, 0.717) is 11.3 Å². The summed E-state index contributed by atoms with van der Waals surface area (Å²) in [6, 6.07) is 14.8. The Morgan fingerprint density at radius 3 is 2.62 bits per heavy atom. The zero-order valence-electron chi connectivity index (χ0n) is 15.0. The second-order valence-electron chi connectivity index (χ2n) is 6.66. The Labute approximate surface area is 153 Å². The molecule has 2 aromatic carbocycles. The van der Waals surface area contributed by atoms with E-state index in [1.807, 2.05) is 31.2 Å². The quantitative estimate of drug-likeness (QED) is 0.833. The molecule has 2 aromatic rings. The van der Waals surface area contributed by atoms with Gasteiger partial charge in [-0.2, -0.15) is 0 Å². The highest BCUT2D eigenvalue weighted by atomic mass is 16.5. The number of anilines is 1. The van der Waals surface area contributed by atoms with E-state index in [1.165, 1.54) is 0 Å². The fourth-order valence-electron chi connectivity index (χ4n) is 3.18. The van der Waals surface area contributed by atoms with Crippen molar-refractivity contribution in [2.24, 2.45) is 0 Å². The smallest absolute Gasteiger partial charge is 0.262 e. The molecule has 136 valence electrons. The van der Waals surface area contributed by atoms with Crippen molar-refractivity contribution < 1.29 is 14.3 Å². The lowest BCUT2D eigenvalue weighted by Gasteiger charge is -2.15. The highest BCUT2D eigenvalue weighted by Crippen LogP contribution is 2.21. The maximum Gasteiger partial charge on any atom is 0.262 e. The lowest BCUT2D eigenvalue weighted by atomic mass is 10.1. The average molecular weight is 352 g/mol. The second kappa shape index (κ2) is 8.52. The van der Waals surface area contributed by atoms with E-state index < -0.39 is 0 Å². The maximum absolute atomic E-state index is 12.5. The third-order valence-electron chi connectivity index (χ3n) is 4.48. The summed E-state index contributed by atoms with van der Waals surface area (Å²) in [5.41, 5.74) is 2.26. The SMILES string of the molecule is Cc1cccc(NC(=O)COc2ccccc2C(=O)NC2CCCC2)c1. The van der Waals surface area contributed by atoms with Crippen molar-refractivity contribution in [3.05, 3.63) is 59.7 Å². The Morgan fingerprint density at radius 1 is 1.08 bits per heavy atom. The summed E-state index contributed by atoms with van der Waals surface area (Å²) >= 11 is 0. The normalized spacial score (nSPS) is 14.0. The number of benzene rings is 2. The van der Waals surface area contributed by atoms with Gasteiger partial charge in [-0.15, -0.1) is 0 Å². The Balaban J connectivity index is 1.59. The molecule has 1 aliphatic rings. The van der Waals surface area contributed by atoms with Crippen molar-refractivity contribution in [2.75, 3.05) is 11.9 Å². The molecule has 5 nitrogen and oxygen atoms in total. The summed E-state index contributed by atoms with van der Waals surface area (Å²) in [4.78, 5) is 24.6. The molecule has 0 bridgehead atoms. The third-order valence-corrected chi connectivity index (χ3v) is 4.48. The number of aryl methyl sites for hydroxylation is 1. The molecule has 0 saturated heterocycles. The van der Waals surface area contributed by atoms with Gasteiger partial charge in [-0.3, -0.25) is 9.59 Å². The fourth-order valence-corrected chi connectivity index (χ4v) is 3.18. The largest absolute Gasteiger partial charge is 0.483 e. The number of carbonyl (C=O) groups is 2. The molecule has 5 heteroatoms. The summed E-state index contributed by atoms with van der Waals surface area (Å²) in [5, 5.41) is 5.85. The number of hydrogen-bond donors (Lipinski definition) is 2. The average Bonchev–Trinajstić information content (AvgIpc) is 3.13. The zero-order valence-corrected chi connectivity index (χ0v) is 15.0. The molecule has 0 aliphatic heterocycles. The Hall–Kier alpha value is -2.82. The van der Waals surface area contributed by atoms with Gasteiger partial charge in [-0.1, -0.05) is 37.1 Å². The number of hydrogen-bond acceptors (Lipinski definition) is 3. The van der Waals surface area contributed by atoms with Gasteiger partial charge in [0.15, 0.2) is 6.61 Å². The Morgan fingerprint density at radius 2 is 1.85 bits per heavy atom. The van der Waals surface area contributed by atoms with E-state index in [1.54, 1.807) is 24.3 Å². The van der Waals surface area contributed by atoms with E-state index in [9.17, 15) is 9.59 Å². The minimum atomic E-state index is -0.262. The van der Waals surface area contributed by atoms with Crippen LogP contribution >= 0.6 is 0 Å². The summed E-state index contributed by atoms with van der Waals surface area (Å²) in [6.07, 6.45) is 4.35. The van der Waals surface area contributed by atoms with E-state index in [-0.39, 0.29) is 24.5 Å². The number of carbonyl (C=O) groups excluding carboxylic acids is 2. The molecule has 1 aliphatic carbocycles. The van der Waals surface area contributed by atoms with Crippen molar-refractivity contribution in [1.82, 2.24) is 5.32 Å². The minimum absolute atomic E-state index is 0.147. The molecular formula is C21H24N2O3. The van der Waals surface area contributed by atoms with Gasteiger partial charge in [0.25, 0.3) is 11.8 Å². The molecule has 26 heavy (non-hydrogen) atoms. The first-order valence-corrected chi connectivity index (χ1v) is 9.01. The number of rotatable bonds is 6. The van der Waals surface area contributed by atoms with Crippen LogP contribution in [0.25, 0.3) is 0 Å². The molecule has 0 aromatic heterocycles. The monoisotopic (exact) mass is 352 g/mol.